The van der Waals surface area contributed by atoms with Gasteiger partial charge in [-0.15, -0.1) is 0 Å². The number of hydrogen-bond acceptors (Lipinski definition) is 3. The van der Waals surface area contributed by atoms with Crippen molar-refractivity contribution < 1.29 is 9.90 Å². The Morgan fingerprint density at radius 2 is 1.36 bits per heavy atom. The maximum Gasteiger partial charge on any atom is 0.303 e. The number of hydrogen-bond donors (Lipinski definition) is 3. The van der Waals surface area contributed by atoms with Gasteiger partial charge in [-0.05, 0) is 20.4 Å². The highest BCUT2D eigenvalue weighted by Gasteiger charge is 1.96. The van der Waals surface area contributed by atoms with Crippen molar-refractivity contribution in [1.82, 2.24) is 5.32 Å². The summed E-state index contributed by atoms with van der Waals surface area (Å²) in [5.41, 5.74) is 5.34. The molecule has 134 valence electrons. The van der Waals surface area contributed by atoms with Crippen LogP contribution in [-0.4, -0.2) is 30.7 Å². The number of likely N-dealkylation sites (N-methyl/N-ethyl adjacent to an activating group) is 1. The van der Waals surface area contributed by atoms with Crippen LogP contribution in [0.2, 0.25) is 0 Å². The Bertz CT molecular complexity index is 221. The third-order valence-corrected chi connectivity index (χ3v) is 3.52. The Hall–Kier alpha value is -0.610. The Balaban J connectivity index is 0. The summed E-state index contributed by atoms with van der Waals surface area (Å²) in [6.45, 7) is 5.12. The number of aliphatic carboxylic acids is 1. The van der Waals surface area contributed by atoms with Gasteiger partial charge >= 0.3 is 5.97 Å². The molecule has 4 N–H and O–H groups in total. The second-order valence-corrected chi connectivity index (χ2v) is 6.21. The first kappa shape index (κ1) is 23.7. The lowest BCUT2D eigenvalue weighted by molar-refractivity contribution is -0.137. The Kier molecular flexibility index (Phi) is 21.9. The summed E-state index contributed by atoms with van der Waals surface area (Å²) >= 11 is 0. The van der Waals surface area contributed by atoms with E-state index in [9.17, 15) is 4.79 Å². The average molecular weight is 317 g/mol. The van der Waals surface area contributed by atoms with Crippen molar-refractivity contribution in [3.05, 3.63) is 0 Å². The minimum atomic E-state index is -0.657. The predicted octanol–water partition coefficient (Wildman–Crippen LogP) is 4.33. The standard InChI is InChI=1S/C14H28O2.C4H12N2/c1-2-3-4-5-6-7-8-9-10-11-12-13-14(15)16;1-4(5)3-6-2/h2-13H2,1H3,(H,15,16);4,6H,3,5H2,1-2H3. The van der Waals surface area contributed by atoms with E-state index in [1.54, 1.807) is 0 Å². The molecule has 4 heteroatoms. The predicted molar refractivity (Wildman–Crippen MR) is 96.3 cm³/mol. The van der Waals surface area contributed by atoms with Crippen molar-refractivity contribution >= 4 is 5.97 Å². The Labute approximate surface area is 138 Å². The molecule has 0 aliphatic heterocycles. The van der Waals surface area contributed by atoms with Gasteiger partial charge in [0, 0.05) is 19.0 Å². The molecule has 4 nitrogen and oxygen atoms in total. The van der Waals surface area contributed by atoms with Gasteiger partial charge in [0.2, 0.25) is 0 Å². The highest BCUT2D eigenvalue weighted by Crippen LogP contribution is 2.11. The molecule has 0 radical (unpaired) electrons. The molecule has 0 aromatic rings. The number of nitrogens with one attached hydrogen (secondary N) is 1. The molecule has 0 saturated carbocycles. The number of carboxylic acids is 1. The maximum absolute atomic E-state index is 10.3. The third-order valence-electron chi connectivity index (χ3n) is 3.52. The second-order valence-electron chi connectivity index (χ2n) is 6.21. The van der Waals surface area contributed by atoms with Gasteiger partial charge in [0.05, 0.1) is 0 Å². The molecule has 0 amide bonds. The van der Waals surface area contributed by atoms with E-state index < -0.39 is 5.97 Å². The molecular weight excluding hydrogens is 276 g/mol. The van der Waals surface area contributed by atoms with Gasteiger partial charge in [-0.25, -0.2) is 0 Å². The number of nitrogens with two attached hydrogens (primary N) is 1. The van der Waals surface area contributed by atoms with Crippen LogP contribution in [0.3, 0.4) is 0 Å². The van der Waals surface area contributed by atoms with Gasteiger partial charge in [0.15, 0.2) is 0 Å². The highest BCUT2D eigenvalue weighted by molar-refractivity contribution is 5.66. The molecule has 0 rings (SSSR count). The number of carboxylic acid groups (broad SMARTS) is 1. The average Bonchev–Trinajstić information content (AvgIpc) is 2.45. The number of rotatable bonds is 14. The first-order chi connectivity index (χ1) is 10.5. The first-order valence-corrected chi connectivity index (χ1v) is 9.16. The van der Waals surface area contributed by atoms with Crippen molar-refractivity contribution in [2.24, 2.45) is 5.73 Å². The first-order valence-electron chi connectivity index (χ1n) is 9.16. The van der Waals surface area contributed by atoms with E-state index in [0.717, 1.165) is 19.4 Å². The molecule has 0 heterocycles. The van der Waals surface area contributed by atoms with Crippen molar-refractivity contribution in [1.29, 1.82) is 0 Å². The van der Waals surface area contributed by atoms with Crippen molar-refractivity contribution in [2.45, 2.75) is 96.9 Å². The smallest absolute Gasteiger partial charge is 0.303 e. The van der Waals surface area contributed by atoms with Gasteiger partial charge in [0.1, 0.15) is 0 Å². The van der Waals surface area contributed by atoms with Crippen LogP contribution in [0.25, 0.3) is 0 Å². The molecule has 0 bridgehead atoms. The topological polar surface area (TPSA) is 75.3 Å². The van der Waals surface area contributed by atoms with Crippen LogP contribution >= 0.6 is 0 Å². The second kappa shape index (κ2) is 20.4. The van der Waals surface area contributed by atoms with Crippen molar-refractivity contribution in [3.8, 4) is 0 Å². The van der Waals surface area contributed by atoms with Gasteiger partial charge in [-0.2, -0.15) is 0 Å². The molecule has 1 atom stereocenters. The molecule has 0 aromatic heterocycles. The quantitative estimate of drug-likeness (QED) is 0.417. The third kappa shape index (κ3) is 27.7. The zero-order chi connectivity index (χ0) is 17.1. The zero-order valence-electron chi connectivity index (χ0n) is 15.2. The fourth-order valence-corrected chi connectivity index (χ4v) is 2.26. The van der Waals surface area contributed by atoms with Crippen LogP contribution in [0.15, 0.2) is 0 Å². The molecule has 22 heavy (non-hydrogen) atoms. The minimum absolute atomic E-state index is 0.287. The molecule has 1 unspecified atom stereocenters. The van der Waals surface area contributed by atoms with Gasteiger partial charge in [-0.1, -0.05) is 71.1 Å². The van der Waals surface area contributed by atoms with E-state index in [1.807, 2.05) is 14.0 Å². The van der Waals surface area contributed by atoms with E-state index in [0.29, 0.717) is 6.42 Å². The van der Waals surface area contributed by atoms with Crippen LogP contribution in [0.1, 0.15) is 90.9 Å². The highest BCUT2D eigenvalue weighted by atomic mass is 16.4. The lowest BCUT2D eigenvalue weighted by Gasteiger charge is -2.01. The molecule has 0 aliphatic carbocycles. The molecule has 0 aliphatic rings. The summed E-state index contributed by atoms with van der Waals surface area (Å²) < 4.78 is 0. The molecule has 0 saturated heterocycles. The van der Waals surface area contributed by atoms with Gasteiger partial charge in [-0.3, -0.25) is 4.79 Å². The van der Waals surface area contributed by atoms with Crippen molar-refractivity contribution in [2.75, 3.05) is 13.6 Å². The summed E-state index contributed by atoms with van der Waals surface area (Å²) in [6.07, 6.45) is 14.4. The van der Waals surface area contributed by atoms with Crippen LogP contribution < -0.4 is 11.1 Å². The fraction of sp³-hybridized carbons (Fsp3) is 0.944. The SMILES string of the molecule is CCCCCCCCCCCCCC(=O)O.CNCC(C)N. The normalized spacial score (nSPS) is 11.6. The summed E-state index contributed by atoms with van der Waals surface area (Å²) in [7, 11) is 1.89. The monoisotopic (exact) mass is 316 g/mol. The van der Waals surface area contributed by atoms with E-state index in [-0.39, 0.29) is 6.04 Å². The largest absolute Gasteiger partial charge is 0.481 e. The van der Waals surface area contributed by atoms with E-state index in [1.165, 1.54) is 57.8 Å². The van der Waals surface area contributed by atoms with E-state index in [2.05, 4.69) is 12.2 Å². The summed E-state index contributed by atoms with van der Waals surface area (Å²) in [5.74, 6) is -0.657. The van der Waals surface area contributed by atoms with Crippen LogP contribution in [0.5, 0.6) is 0 Å². The van der Waals surface area contributed by atoms with Crippen LogP contribution in [0, 0.1) is 0 Å². The fourth-order valence-electron chi connectivity index (χ4n) is 2.26. The lowest BCUT2D eigenvalue weighted by Crippen LogP contribution is -2.28. The summed E-state index contributed by atoms with van der Waals surface area (Å²) in [4.78, 5) is 10.3. The van der Waals surface area contributed by atoms with E-state index >= 15 is 0 Å². The summed E-state index contributed by atoms with van der Waals surface area (Å²) in [6, 6.07) is 0.287. The molecule has 0 fully saturated rings. The minimum Gasteiger partial charge on any atom is -0.481 e. The van der Waals surface area contributed by atoms with Gasteiger partial charge < -0.3 is 16.2 Å². The molecule has 0 aromatic carbocycles. The number of carbonyl (C=O) groups is 1. The van der Waals surface area contributed by atoms with Crippen molar-refractivity contribution in [3.63, 3.8) is 0 Å². The maximum atomic E-state index is 10.3. The zero-order valence-corrected chi connectivity index (χ0v) is 15.2. The number of unbranched alkanes of at least 4 members (excludes halogenated alkanes) is 10. The molecular formula is C18H40N2O2. The summed E-state index contributed by atoms with van der Waals surface area (Å²) in [5, 5.41) is 11.4. The lowest BCUT2D eigenvalue weighted by atomic mass is 10.1. The Morgan fingerprint density at radius 1 is 0.955 bits per heavy atom. The molecule has 0 spiro atoms. The van der Waals surface area contributed by atoms with E-state index in [4.69, 9.17) is 10.8 Å². The Morgan fingerprint density at radius 3 is 1.64 bits per heavy atom. The van der Waals surface area contributed by atoms with Crippen LogP contribution in [-0.2, 0) is 4.79 Å². The van der Waals surface area contributed by atoms with Crippen LogP contribution in [0.4, 0.5) is 0 Å². The van der Waals surface area contributed by atoms with Gasteiger partial charge in [0.25, 0.3) is 0 Å².